The molecular weight excluding hydrogens is 111 g/mol. The summed E-state index contributed by atoms with van der Waals surface area (Å²) in [6.45, 7) is 1.69. The normalized spacial score (nSPS) is 13.9. The van der Waals surface area contributed by atoms with Crippen LogP contribution < -0.4 is 0 Å². The number of halogens is 1. The van der Waals surface area contributed by atoms with E-state index >= 15 is 0 Å². The summed E-state index contributed by atoms with van der Waals surface area (Å²) < 4.78 is 16.4. The minimum Gasteiger partial charge on any atom is -0.394 e. The average molecular weight is 122 g/mol. The van der Waals surface area contributed by atoms with Crippen LogP contribution in [0.1, 0.15) is 6.92 Å². The van der Waals surface area contributed by atoms with E-state index in [4.69, 9.17) is 5.11 Å². The van der Waals surface area contributed by atoms with Crippen molar-refractivity contribution in [3.05, 3.63) is 0 Å². The molecule has 0 heterocycles. The second-order valence-electron chi connectivity index (χ2n) is 1.58. The van der Waals surface area contributed by atoms with Gasteiger partial charge in [-0.25, -0.2) is 4.39 Å². The minimum atomic E-state index is -0.929. The zero-order valence-corrected chi connectivity index (χ0v) is 4.93. The van der Waals surface area contributed by atoms with Crippen LogP contribution in [0.25, 0.3) is 0 Å². The highest BCUT2D eigenvalue weighted by Crippen LogP contribution is 1.87. The predicted octanol–water partition coefficient (Wildman–Crippen LogP) is 0.353. The highest BCUT2D eigenvalue weighted by atomic mass is 19.1. The Labute approximate surface area is 48.3 Å². The minimum absolute atomic E-state index is 0.0350. The van der Waals surface area contributed by atoms with E-state index < -0.39 is 6.17 Å². The van der Waals surface area contributed by atoms with E-state index in [2.05, 4.69) is 4.74 Å². The summed E-state index contributed by atoms with van der Waals surface area (Å²) in [5.41, 5.74) is 0. The summed E-state index contributed by atoms with van der Waals surface area (Å²) >= 11 is 0. The Balaban J connectivity index is 2.72. The number of aliphatic hydroxyl groups is 1. The molecule has 0 saturated carbocycles. The van der Waals surface area contributed by atoms with Crippen molar-refractivity contribution < 1.29 is 14.2 Å². The maximum Gasteiger partial charge on any atom is 0.121 e. The highest BCUT2D eigenvalue weighted by molar-refractivity contribution is 4.40. The fourth-order valence-corrected chi connectivity index (χ4v) is 0.310. The molecule has 8 heavy (non-hydrogen) atoms. The first-order valence-electron chi connectivity index (χ1n) is 2.60. The largest absolute Gasteiger partial charge is 0.394 e. The van der Waals surface area contributed by atoms with E-state index in [1.165, 1.54) is 6.92 Å². The molecule has 0 fully saturated rings. The van der Waals surface area contributed by atoms with E-state index in [9.17, 15) is 4.39 Å². The van der Waals surface area contributed by atoms with Gasteiger partial charge in [-0.15, -0.1) is 0 Å². The van der Waals surface area contributed by atoms with Gasteiger partial charge in [-0.2, -0.15) is 0 Å². The molecule has 0 spiro atoms. The fourth-order valence-electron chi connectivity index (χ4n) is 0.310. The molecule has 0 aromatic rings. The Kier molecular flexibility index (Phi) is 4.90. The van der Waals surface area contributed by atoms with Crippen molar-refractivity contribution in [2.24, 2.45) is 0 Å². The Morgan fingerprint density at radius 2 is 2.38 bits per heavy atom. The lowest BCUT2D eigenvalue weighted by Crippen LogP contribution is -2.08. The maximum absolute atomic E-state index is 11.8. The molecule has 0 aromatic heterocycles. The lowest BCUT2D eigenvalue weighted by Gasteiger charge is -2.00. The second kappa shape index (κ2) is 5.00. The monoisotopic (exact) mass is 122 g/mol. The van der Waals surface area contributed by atoms with E-state index in [1.807, 2.05) is 0 Å². The molecule has 50 valence electrons. The van der Waals surface area contributed by atoms with E-state index in [0.717, 1.165) is 0 Å². The number of hydrogen-bond donors (Lipinski definition) is 1. The zero-order chi connectivity index (χ0) is 6.41. The van der Waals surface area contributed by atoms with Crippen molar-refractivity contribution in [2.45, 2.75) is 13.1 Å². The molecule has 0 amide bonds. The van der Waals surface area contributed by atoms with Crippen molar-refractivity contribution in [3.8, 4) is 0 Å². The molecule has 2 nitrogen and oxygen atoms in total. The third-order valence-electron chi connectivity index (χ3n) is 0.583. The lowest BCUT2D eigenvalue weighted by molar-refractivity contribution is 0.0601. The van der Waals surface area contributed by atoms with Crippen LogP contribution in [0.2, 0.25) is 0 Å². The van der Waals surface area contributed by atoms with Gasteiger partial charge in [-0.3, -0.25) is 0 Å². The third kappa shape index (κ3) is 5.85. The molecule has 0 bridgehead atoms. The fraction of sp³-hybridized carbons (Fsp3) is 1.00. The molecule has 0 rings (SSSR count). The first kappa shape index (κ1) is 7.85. The van der Waals surface area contributed by atoms with Crippen LogP contribution in [-0.4, -0.2) is 31.1 Å². The Hall–Kier alpha value is -0.150. The van der Waals surface area contributed by atoms with Gasteiger partial charge in [0.05, 0.1) is 19.8 Å². The molecule has 0 aliphatic heterocycles. The predicted molar refractivity (Wildman–Crippen MR) is 28.5 cm³/mol. The zero-order valence-electron chi connectivity index (χ0n) is 4.93. The summed E-state index contributed by atoms with van der Waals surface area (Å²) in [6.07, 6.45) is -0.929. The average Bonchev–Trinajstić information content (AvgIpc) is 1.66. The number of aliphatic hydroxyl groups excluding tert-OH is 1. The number of rotatable bonds is 4. The molecule has 3 heteroatoms. The molecular formula is C5H11FO2. The van der Waals surface area contributed by atoms with Gasteiger partial charge in [0.1, 0.15) is 6.17 Å². The van der Waals surface area contributed by atoms with Gasteiger partial charge in [0.25, 0.3) is 0 Å². The number of alkyl halides is 1. The van der Waals surface area contributed by atoms with Crippen LogP contribution in [0, 0.1) is 0 Å². The summed E-state index contributed by atoms with van der Waals surface area (Å²) in [5, 5.41) is 8.13. The Bertz CT molecular complexity index is 47.7. The van der Waals surface area contributed by atoms with E-state index in [1.54, 1.807) is 0 Å². The molecule has 1 unspecified atom stereocenters. The van der Waals surface area contributed by atoms with Crippen molar-refractivity contribution in [3.63, 3.8) is 0 Å². The van der Waals surface area contributed by atoms with Crippen molar-refractivity contribution in [1.82, 2.24) is 0 Å². The standard InChI is InChI=1S/C5H11FO2/c1-5(6)4-8-3-2-7/h5,7H,2-4H2,1H3. The van der Waals surface area contributed by atoms with Crippen molar-refractivity contribution in [2.75, 3.05) is 19.8 Å². The van der Waals surface area contributed by atoms with Crippen LogP contribution in [0.5, 0.6) is 0 Å². The number of hydrogen-bond acceptors (Lipinski definition) is 2. The van der Waals surface area contributed by atoms with Crippen LogP contribution in [0.15, 0.2) is 0 Å². The number of ether oxygens (including phenoxy) is 1. The van der Waals surface area contributed by atoms with Gasteiger partial charge >= 0.3 is 0 Å². The van der Waals surface area contributed by atoms with Gasteiger partial charge in [0, 0.05) is 0 Å². The van der Waals surface area contributed by atoms with Crippen LogP contribution >= 0.6 is 0 Å². The Morgan fingerprint density at radius 1 is 1.75 bits per heavy atom. The molecule has 1 atom stereocenters. The summed E-state index contributed by atoms with van der Waals surface area (Å²) in [5.74, 6) is 0. The van der Waals surface area contributed by atoms with Crippen molar-refractivity contribution in [1.29, 1.82) is 0 Å². The van der Waals surface area contributed by atoms with Gasteiger partial charge in [-0.05, 0) is 6.92 Å². The van der Waals surface area contributed by atoms with Gasteiger partial charge in [0.15, 0.2) is 0 Å². The molecule has 1 N–H and O–H groups in total. The molecule has 0 aromatic carbocycles. The first-order valence-corrected chi connectivity index (χ1v) is 2.60. The topological polar surface area (TPSA) is 29.5 Å². The lowest BCUT2D eigenvalue weighted by atomic mass is 10.5. The second-order valence-corrected chi connectivity index (χ2v) is 1.58. The molecule has 0 saturated heterocycles. The van der Waals surface area contributed by atoms with Gasteiger partial charge < -0.3 is 9.84 Å². The summed E-state index contributed by atoms with van der Waals surface area (Å²) in [7, 11) is 0. The summed E-state index contributed by atoms with van der Waals surface area (Å²) in [6, 6.07) is 0. The Morgan fingerprint density at radius 3 is 2.75 bits per heavy atom. The van der Waals surface area contributed by atoms with Crippen LogP contribution in [0.3, 0.4) is 0 Å². The molecule has 0 radical (unpaired) electrons. The third-order valence-corrected chi connectivity index (χ3v) is 0.583. The summed E-state index contributed by atoms with van der Waals surface area (Å²) in [4.78, 5) is 0. The SMILES string of the molecule is CC(F)COCCO. The van der Waals surface area contributed by atoms with E-state index in [-0.39, 0.29) is 19.8 Å². The van der Waals surface area contributed by atoms with E-state index in [0.29, 0.717) is 0 Å². The van der Waals surface area contributed by atoms with Crippen LogP contribution in [-0.2, 0) is 4.74 Å². The maximum atomic E-state index is 11.8. The quantitative estimate of drug-likeness (QED) is 0.545. The van der Waals surface area contributed by atoms with Gasteiger partial charge in [-0.1, -0.05) is 0 Å². The first-order chi connectivity index (χ1) is 3.77. The molecule has 0 aliphatic rings. The molecule has 0 aliphatic carbocycles. The van der Waals surface area contributed by atoms with Gasteiger partial charge in [0.2, 0.25) is 0 Å². The van der Waals surface area contributed by atoms with Crippen LogP contribution in [0.4, 0.5) is 4.39 Å². The highest BCUT2D eigenvalue weighted by Gasteiger charge is 1.94. The smallest absolute Gasteiger partial charge is 0.121 e. The van der Waals surface area contributed by atoms with Crippen molar-refractivity contribution >= 4 is 0 Å².